The quantitative estimate of drug-likeness (QED) is 0.0238. The number of nitrogen functional groups attached to an aromatic ring is 1. The van der Waals surface area contributed by atoms with Crippen LogP contribution in [0.4, 0.5) is 20.2 Å². The minimum atomic E-state index is -1.18. The average molecular weight is 1280 g/mol. The van der Waals surface area contributed by atoms with E-state index in [1.165, 1.54) is 24.3 Å². The van der Waals surface area contributed by atoms with E-state index in [1.807, 2.05) is 0 Å². The molecule has 20 nitrogen and oxygen atoms in total. The molecule has 0 fully saturated rings. The molecule has 3 aromatic heterocycles. The molecule has 0 unspecified atom stereocenters. The number of carboxylic acid groups (broad SMARTS) is 1. The van der Waals surface area contributed by atoms with E-state index in [2.05, 4.69) is 21.3 Å². The van der Waals surface area contributed by atoms with Gasteiger partial charge >= 0.3 is 30.8 Å². The number of fused-ring (bicyclic) bond motifs is 3. The minimum Gasteiger partial charge on any atom is -0.870 e. The summed E-state index contributed by atoms with van der Waals surface area (Å²) in [6.45, 7) is 22.7. The van der Waals surface area contributed by atoms with E-state index in [0.717, 1.165) is 38.5 Å². The summed E-state index contributed by atoms with van der Waals surface area (Å²) >= 11 is 19.0. The number of carbonyl (C=O) groups excluding carboxylic acids is 8. The van der Waals surface area contributed by atoms with Gasteiger partial charge in [0, 0.05) is 64.7 Å². The van der Waals surface area contributed by atoms with Crippen molar-refractivity contribution in [3.63, 3.8) is 0 Å². The number of ketones is 3. The average Bonchev–Trinajstić information content (AvgIpc) is 1.94. The fourth-order valence-corrected chi connectivity index (χ4v) is 10.9. The maximum absolute atomic E-state index is 13.5. The number of aryl methyl sites for hydroxylation is 2. The molecule has 4 amide bonds. The molecule has 476 valence electrons. The zero-order valence-electron chi connectivity index (χ0n) is 51.4. The number of hydrogen-bond acceptors (Lipinski definition) is 12. The van der Waals surface area contributed by atoms with Gasteiger partial charge in [-0.1, -0.05) is 42.2 Å². The van der Waals surface area contributed by atoms with E-state index < -0.39 is 69.5 Å². The first kappa shape index (κ1) is 77.3. The van der Waals surface area contributed by atoms with E-state index in [4.69, 9.17) is 45.3 Å². The number of hydrogen-bond donors (Lipinski definition) is 6. The van der Waals surface area contributed by atoms with Gasteiger partial charge in [-0.25, -0.2) is 18.4 Å². The molecule has 8 N–H and O–H groups in total. The maximum atomic E-state index is 13.5. The van der Waals surface area contributed by atoms with Crippen LogP contribution in [0.1, 0.15) is 206 Å². The molecule has 88 heavy (non-hydrogen) atoms. The summed E-state index contributed by atoms with van der Waals surface area (Å²) in [6, 6.07) is 8.77. The summed E-state index contributed by atoms with van der Waals surface area (Å²) < 4.78 is 36.0. The largest absolute Gasteiger partial charge is 1.00 e. The molecule has 26 heteroatoms. The van der Waals surface area contributed by atoms with Crippen molar-refractivity contribution in [3.8, 4) is 0 Å². The second-order valence-corrected chi connectivity index (χ2v) is 25.0. The first-order valence-electron chi connectivity index (χ1n) is 27.8. The van der Waals surface area contributed by atoms with Crippen LogP contribution in [0.25, 0.3) is 0 Å². The number of nitrogens with one attached hydrogen (secondary N) is 4. The number of rotatable bonds is 11. The summed E-state index contributed by atoms with van der Waals surface area (Å²) in [5, 5.41) is 19.8. The van der Waals surface area contributed by atoms with Crippen LogP contribution in [-0.2, 0) is 58.0 Å². The van der Waals surface area contributed by atoms with Gasteiger partial charge in [0.05, 0.1) is 38.4 Å². The smallest absolute Gasteiger partial charge is 0.870 e. The molecule has 0 aliphatic carbocycles. The molecular formula is C62H80Cl3F2LiN8O12. The summed E-state index contributed by atoms with van der Waals surface area (Å²) in [4.78, 5) is 111. The number of Topliss-reactive ketones (excluding diaryl/α,β-unsaturated/α-hetero) is 3. The predicted molar refractivity (Wildman–Crippen MR) is 330 cm³/mol. The van der Waals surface area contributed by atoms with Gasteiger partial charge in [-0.05, 0) is 188 Å². The van der Waals surface area contributed by atoms with Crippen LogP contribution in [0, 0.1) is 25.5 Å². The Morgan fingerprint density at radius 1 is 0.568 bits per heavy atom. The Hall–Kier alpha value is -6.80. The zero-order valence-corrected chi connectivity index (χ0v) is 53.7. The van der Waals surface area contributed by atoms with Crippen molar-refractivity contribution in [3.05, 3.63) is 125 Å². The Balaban J connectivity index is 0.000000417. The Morgan fingerprint density at radius 3 is 1.25 bits per heavy atom. The van der Waals surface area contributed by atoms with Gasteiger partial charge in [0.25, 0.3) is 41.0 Å². The molecular weight excluding hydrogens is 1200 g/mol. The van der Waals surface area contributed by atoms with Crippen molar-refractivity contribution >= 4 is 99.1 Å². The number of ether oxygens (including phenoxy) is 1. The van der Waals surface area contributed by atoms with E-state index in [0.29, 0.717) is 78.5 Å². The number of amides is 4. The van der Waals surface area contributed by atoms with Crippen LogP contribution >= 0.6 is 34.8 Å². The van der Waals surface area contributed by atoms with Crippen LogP contribution in [0.3, 0.4) is 0 Å². The molecule has 0 spiro atoms. The van der Waals surface area contributed by atoms with Crippen LogP contribution in [0.15, 0.2) is 36.4 Å². The van der Waals surface area contributed by atoms with Crippen molar-refractivity contribution in [1.29, 1.82) is 0 Å². The number of nitrogens with two attached hydrogens (primary N) is 1. The summed E-state index contributed by atoms with van der Waals surface area (Å²) in [7, 11) is 0. The zero-order chi connectivity index (χ0) is 63.8. The third-order valence-corrected chi connectivity index (χ3v) is 14.4. The van der Waals surface area contributed by atoms with E-state index >= 15 is 0 Å². The molecule has 3 aliphatic rings. The topological polar surface area (TPSA) is 302 Å². The Bertz CT molecular complexity index is 3460. The van der Waals surface area contributed by atoms with Crippen LogP contribution in [0.5, 0.6) is 0 Å². The Kier molecular flexibility index (Phi) is 28.2. The Morgan fingerprint density at radius 2 is 0.909 bits per heavy atom. The number of nitrogens with zero attached hydrogens (tertiary/aromatic N) is 3. The van der Waals surface area contributed by atoms with Crippen molar-refractivity contribution in [1.82, 2.24) is 29.7 Å². The van der Waals surface area contributed by atoms with E-state index in [-0.39, 0.29) is 98.8 Å². The van der Waals surface area contributed by atoms with Crippen molar-refractivity contribution in [2.24, 2.45) is 0 Å². The number of carbonyl (C=O) groups is 9. The predicted octanol–water partition coefficient (Wildman–Crippen LogP) is 8.48. The standard InChI is InChI=1S/C22H25ClFN3O3.C17H23ClN2O4.C15H19ClN2O4.C7H8FN.CH4.Li.H2O/c1-12-11-13(8-9-14(12)24)25-20(29)16-15-7-5-6-10-27(15)18(17(16)23)19(28)21(30)26-22(2,3)4;1-5-24-16(23)11-10-8-6-7-9-20(10)13(12(11)18)14(21)15(22)19-17(2,3)4;1-15(2,3)17-13(20)12(19)11-10(16)9(14(21)22)8-6-4-5-7-18(8)11;1-5-4-6(9)2-3-7(5)8;;;/h8-9,11H,5-7,10H2,1-4H3,(H,25,29)(H,26,30);5-9H2,1-4H3,(H,19,22);4-7H2,1-3H3,(H,17,20)(H,21,22);2-4H,9H2,1H3;1H4;;1H2/q;;;;;+1;/p-1. The monoisotopic (exact) mass is 1280 g/mol. The van der Waals surface area contributed by atoms with Crippen LogP contribution in [-0.4, -0.2) is 100 Å². The molecule has 8 rings (SSSR count). The van der Waals surface area contributed by atoms with Crippen LogP contribution in [0.2, 0.25) is 15.1 Å². The SMILES string of the molecule is C.CC(C)(C)NC(=O)C(=O)c1c(Cl)c(C(=O)O)c2n1CCCC2.CCOC(=O)c1c(Cl)c(C(=O)C(=O)NC(C)(C)C)n2c1CCCC2.Cc1cc(N)ccc1F.Cc1cc(NC(=O)c2c(Cl)c(C(=O)C(=O)NC(C)(C)C)n3c2CCCC3)ccc1F.[Li+].[OH-]. The number of carboxylic acids is 1. The summed E-state index contributed by atoms with van der Waals surface area (Å²) in [5.41, 5.74) is 7.95. The number of esters is 1. The number of anilines is 2. The van der Waals surface area contributed by atoms with Gasteiger partial charge < -0.3 is 56.0 Å². The number of aromatic carboxylic acids is 1. The number of aromatic nitrogens is 3. The van der Waals surface area contributed by atoms with Gasteiger partial charge in [0.1, 0.15) is 28.7 Å². The molecule has 0 bridgehead atoms. The molecule has 0 saturated heterocycles. The molecule has 6 heterocycles. The third kappa shape index (κ3) is 19.4. The Labute approximate surface area is 539 Å². The van der Waals surface area contributed by atoms with Gasteiger partial charge in [0.2, 0.25) is 0 Å². The van der Waals surface area contributed by atoms with Gasteiger partial charge in [-0.15, -0.1) is 0 Å². The first-order chi connectivity index (χ1) is 39.5. The fourth-order valence-electron chi connectivity index (χ4n) is 9.73. The number of halogens is 5. The number of benzene rings is 2. The first-order valence-corrected chi connectivity index (χ1v) is 29.0. The molecule has 3 aliphatic heterocycles. The molecule has 0 atom stereocenters. The normalized spacial score (nSPS) is 13.0. The molecule has 5 aromatic rings. The minimum absolute atomic E-state index is 0. The van der Waals surface area contributed by atoms with Crippen molar-refractivity contribution in [2.75, 3.05) is 17.7 Å². The summed E-state index contributed by atoms with van der Waals surface area (Å²) in [5.74, 6) is -7.37. The van der Waals surface area contributed by atoms with Gasteiger partial charge in [-0.3, -0.25) is 33.6 Å². The van der Waals surface area contributed by atoms with Crippen molar-refractivity contribution < 1.29 is 86.1 Å². The van der Waals surface area contributed by atoms with Crippen molar-refractivity contribution in [2.45, 2.75) is 185 Å². The van der Waals surface area contributed by atoms with E-state index in [9.17, 15) is 57.0 Å². The van der Waals surface area contributed by atoms with Gasteiger partial charge in [0.15, 0.2) is 0 Å². The second kappa shape index (κ2) is 32.1. The molecule has 0 radical (unpaired) electrons. The molecule has 2 aromatic carbocycles. The maximum Gasteiger partial charge on any atom is 1.00 e. The third-order valence-electron chi connectivity index (χ3n) is 13.3. The molecule has 0 saturated carbocycles. The second-order valence-electron chi connectivity index (χ2n) is 23.8. The fraction of sp³-hybridized carbons (Fsp3) is 0.468. The van der Waals surface area contributed by atoms with Gasteiger partial charge in [-0.2, -0.15) is 0 Å². The van der Waals surface area contributed by atoms with E-state index in [1.54, 1.807) is 109 Å². The summed E-state index contributed by atoms with van der Waals surface area (Å²) in [6.07, 6.45) is 6.81. The van der Waals surface area contributed by atoms with Crippen LogP contribution < -0.4 is 45.9 Å².